The molecule has 0 amide bonds. The van der Waals surface area contributed by atoms with E-state index in [1.165, 1.54) is 6.92 Å². The maximum Gasteiger partial charge on any atom is 0.491 e. The summed E-state index contributed by atoms with van der Waals surface area (Å²) in [7, 11) is 1.40. The minimum atomic E-state index is -0.461. The molecule has 1 aromatic carbocycles. The zero-order chi connectivity index (χ0) is 18.1. The van der Waals surface area contributed by atoms with Crippen LogP contribution < -0.4 is 5.32 Å². The van der Waals surface area contributed by atoms with Crippen LogP contribution in [0.25, 0.3) is 6.08 Å². The van der Waals surface area contributed by atoms with Crippen LogP contribution in [-0.2, 0) is 9.31 Å². The van der Waals surface area contributed by atoms with Gasteiger partial charge in [0.05, 0.1) is 16.8 Å². The van der Waals surface area contributed by atoms with E-state index < -0.39 is 18.3 Å². The highest BCUT2D eigenvalue weighted by molar-refractivity contribution is 6.55. The van der Waals surface area contributed by atoms with Crippen LogP contribution in [0.5, 0.6) is 5.75 Å². The number of benzene rings is 1. The predicted octanol–water partition coefficient (Wildman–Crippen LogP) is 2.83. The molecule has 1 aromatic rings. The Morgan fingerprint density at radius 3 is 2.29 bits per heavy atom. The number of aromatic hydroxyl groups is 1. The second-order valence-electron chi connectivity index (χ2n) is 7.17. The highest BCUT2D eigenvalue weighted by Gasteiger charge is 2.52. The molecular weight excluding hydrogens is 305 g/mol. The average Bonchev–Trinajstić information content (AvgIpc) is 2.66. The number of likely N-dealkylation sites (N-methyl/N-ethyl adjacent to an activating group) is 1. The van der Waals surface area contributed by atoms with Gasteiger partial charge < -0.3 is 19.7 Å². The molecule has 5 nitrogen and oxygen atoms in total. The smallest absolute Gasteiger partial charge is 0.491 e. The lowest BCUT2D eigenvalue weighted by Gasteiger charge is -2.32. The van der Waals surface area contributed by atoms with Crippen molar-refractivity contribution in [1.29, 1.82) is 0 Å². The molecular formula is C18H26BNO4. The van der Waals surface area contributed by atoms with E-state index in [-0.39, 0.29) is 11.5 Å². The van der Waals surface area contributed by atoms with Gasteiger partial charge in [0.2, 0.25) is 0 Å². The SMILES string of the molecule is CNCC(=Cc1ccc(C(C)=O)c(O)c1)B1OC(C)(C)C(C)(C)O1. The lowest BCUT2D eigenvalue weighted by molar-refractivity contribution is 0.00578. The summed E-state index contributed by atoms with van der Waals surface area (Å²) in [5.41, 5.74) is 1.21. The van der Waals surface area contributed by atoms with Gasteiger partial charge in [0, 0.05) is 6.54 Å². The van der Waals surface area contributed by atoms with Gasteiger partial charge in [-0.1, -0.05) is 12.1 Å². The van der Waals surface area contributed by atoms with E-state index >= 15 is 0 Å². The summed E-state index contributed by atoms with van der Waals surface area (Å²) in [5, 5.41) is 13.1. The number of hydrogen-bond acceptors (Lipinski definition) is 5. The van der Waals surface area contributed by atoms with Crippen molar-refractivity contribution in [2.45, 2.75) is 45.8 Å². The number of ketones is 1. The number of nitrogens with one attached hydrogen (secondary N) is 1. The van der Waals surface area contributed by atoms with Gasteiger partial charge in [0.15, 0.2) is 5.78 Å². The third-order valence-electron chi connectivity index (χ3n) is 4.69. The summed E-state index contributed by atoms with van der Waals surface area (Å²) >= 11 is 0. The Kier molecular flexibility index (Phi) is 5.23. The maximum absolute atomic E-state index is 11.4. The van der Waals surface area contributed by atoms with Crippen LogP contribution in [0, 0.1) is 0 Å². The standard InChI is InChI=1S/C18H26BNO4/c1-12(21)15-8-7-13(10-16(15)22)9-14(11-20-6)19-23-17(2,3)18(4,5)24-19/h7-10,20,22H,11H2,1-6H3. The number of carbonyl (C=O) groups is 1. The minimum absolute atomic E-state index is 0.0195. The van der Waals surface area contributed by atoms with Gasteiger partial charge in [0.25, 0.3) is 0 Å². The van der Waals surface area contributed by atoms with Crippen LogP contribution in [0.4, 0.5) is 0 Å². The second kappa shape index (κ2) is 6.71. The molecule has 2 rings (SSSR count). The molecule has 0 atom stereocenters. The van der Waals surface area contributed by atoms with Crippen molar-refractivity contribution >= 4 is 19.0 Å². The predicted molar refractivity (Wildman–Crippen MR) is 96.1 cm³/mol. The molecule has 0 radical (unpaired) electrons. The lowest BCUT2D eigenvalue weighted by atomic mass is 9.77. The molecule has 2 N–H and O–H groups in total. The van der Waals surface area contributed by atoms with E-state index in [0.29, 0.717) is 12.1 Å². The molecule has 0 aromatic heterocycles. The van der Waals surface area contributed by atoms with E-state index in [0.717, 1.165) is 11.0 Å². The quantitative estimate of drug-likeness (QED) is 0.641. The molecule has 1 heterocycles. The normalized spacial score (nSPS) is 19.6. The Morgan fingerprint density at radius 2 is 1.83 bits per heavy atom. The summed E-state index contributed by atoms with van der Waals surface area (Å²) in [6.07, 6.45) is 1.92. The van der Waals surface area contributed by atoms with Gasteiger partial charge in [-0.15, -0.1) is 0 Å². The summed E-state index contributed by atoms with van der Waals surface area (Å²) in [5.74, 6) is -0.182. The first-order chi connectivity index (χ1) is 11.1. The Balaban J connectivity index is 2.33. The van der Waals surface area contributed by atoms with Crippen LogP contribution in [0.3, 0.4) is 0 Å². The Hall–Kier alpha value is -1.63. The molecule has 0 spiro atoms. The molecule has 0 aliphatic carbocycles. The molecule has 130 valence electrons. The van der Waals surface area contributed by atoms with Gasteiger partial charge in [-0.25, -0.2) is 0 Å². The van der Waals surface area contributed by atoms with E-state index in [2.05, 4.69) is 5.32 Å². The van der Waals surface area contributed by atoms with Crippen LogP contribution in [-0.4, -0.2) is 42.8 Å². The topological polar surface area (TPSA) is 67.8 Å². The van der Waals surface area contributed by atoms with E-state index in [9.17, 15) is 9.90 Å². The van der Waals surface area contributed by atoms with Crippen molar-refractivity contribution in [2.24, 2.45) is 0 Å². The molecule has 6 heteroatoms. The summed E-state index contributed by atoms with van der Waals surface area (Å²) in [6.45, 7) is 10.1. The van der Waals surface area contributed by atoms with Crippen LogP contribution in [0.1, 0.15) is 50.5 Å². The number of phenolic OH excluding ortho intramolecular Hbond substituents is 1. The zero-order valence-electron chi connectivity index (χ0n) is 15.3. The fourth-order valence-electron chi connectivity index (χ4n) is 2.55. The van der Waals surface area contributed by atoms with Crippen molar-refractivity contribution in [3.8, 4) is 5.75 Å². The van der Waals surface area contributed by atoms with Crippen LogP contribution in [0.2, 0.25) is 0 Å². The molecule has 0 unspecified atom stereocenters. The monoisotopic (exact) mass is 331 g/mol. The average molecular weight is 331 g/mol. The highest BCUT2D eigenvalue weighted by Crippen LogP contribution is 2.38. The third-order valence-corrected chi connectivity index (χ3v) is 4.69. The fraction of sp³-hybridized carbons (Fsp3) is 0.500. The minimum Gasteiger partial charge on any atom is -0.507 e. The number of hydrogen-bond donors (Lipinski definition) is 2. The molecule has 1 saturated heterocycles. The van der Waals surface area contributed by atoms with E-state index in [1.807, 2.05) is 40.8 Å². The molecule has 0 bridgehead atoms. The van der Waals surface area contributed by atoms with Gasteiger partial charge >= 0.3 is 7.12 Å². The Bertz CT molecular complexity index is 651. The number of Topliss-reactive ketones (excluding diaryl/α,β-unsaturated/α-hetero) is 1. The number of rotatable bonds is 5. The van der Waals surface area contributed by atoms with Gasteiger partial charge in [-0.05, 0) is 64.8 Å². The van der Waals surface area contributed by atoms with Crippen molar-refractivity contribution in [3.05, 3.63) is 34.8 Å². The zero-order valence-corrected chi connectivity index (χ0v) is 15.3. The van der Waals surface area contributed by atoms with Crippen molar-refractivity contribution in [3.63, 3.8) is 0 Å². The molecule has 24 heavy (non-hydrogen) atoms. The summed E-state index contributed by atoms with van der Waals surface area (Å²) in [4.78, 5) is 11.4. The first-order valence-corrected chi connectivity index (χ1v) is 8.12. The first-order valence-electron chi connectivity index (χ1n) is 8.12. The molecule has 1 aliphatic rings. The van der Waals surface area contributed by atoms with Crippen molar-refractivity contribution < 1.29 is 19.2 Å². The Labute approximate surface area is 144 Å². The van der Waals surface area contributed by atoms with Gasteiger partial charge in [0.1, 0.15) is 5.75 Å². The van der Waals surface area contributed by atoms with Gasteiger partial charge in [-0.2, -0.15) is 0 Å². The molecule has 1 fully saturated rings. The van der Waals surface area contributed by atoms with Gasteiger partial charge in [-0.3, -0.25) is 4.79 Å². The highest BCUT2D eigenvalue weighted by atomic mass is 16.7. The third kappa shape index (κ3) is 3.71. The molecule has 1 aliphatic heterocycles. The van der Waals surface area contributed by atoms with Crippen molar-refractivity contribution in [2.75, 3.05) is 13.6 Å². The van der Waals surface area contributed by atoms with E-state index in [1.54, 1.807) is 18.2 Å². The second-order valence-corrected chi connectivity index (χ2v) is 7.17. The number of carbonyl (C=O) groups excluding carboxylic acids is 1. The maximum atomic E-state index is 11.4. The van der Waals surface area contributed by atoms with Crippen LogP contribution in [0.15, 0.2) is 23.7 Å². The Morgan fingerprint density at radius 1 is 1.25 bits per heavy atom. The van der Waals surface area contributed by atoms with Crippen LogP contribution >= 0.6 is 0 Å². The summed E-state index contributed by atoms with van der Waals surface area (Å²) in [6, 6.07) is 5.01. The summed E-state index contributed by atoms with van der Waals surface area (Å²) < 4.78 is 12.2. The lowest BCUT2D eigenvalue weighted by Crippen LogP contribution is -2.41. The number of phenols is 1. The van der Waals surface area contributed by atoms with Crippen molar-refractivity contribution in [1.82, 2.24) is 5.32 Å². The van der Waals surface area contributed by atoms with E-state index in [4.69, 9.17) is 9.31 Å². The molecule has 0 saturated carbocycles. The fourth-order valence-corrected chi connectivity index (χ4v) is 2.55. The first kappa shape index (κ1) is 18.7. The largest absolute Gasteiger partial charge is 0.507 e.